The maximum atomic E-state index is 13.4. The van der Waals surface area contributed by atoms with Crippen LogP contribution >= 0.6 is 0 Å². The van der Waals surface area contributed by atoms with Gasteiger partial charge in [-0.25, -0.2) is 4.79 Å². The molecule has 3 amide bonds. The van der Waals surface area contributed by atoms with E-state index in [1.807, 2.05) is 52.3 Å². The minimum atomic E-state index is -0.0789. The standard InChI is InChI=1S/C27H35N3O5/c1-4-21-18-30(22-7-5-6-8-23(22)35-21)27(32)29-15-12-20(13-16-29)26(31)28-14-11-19-9-10-24(33-2)25(17-19)34-3/h5-10,17,20-21H,4,11-16,18H2,1-3H3,(H,28,31)/t21-/m0/s1. The molecule has 2 heterocycles. The molecule has 2 aromatic carbocycles. The predicted octanol–water partition coefficient (Wildman–Crippen LogP) is 3.87. The molecule has 0 saturated carbocycles. The van der Waals surface area contributed by atoms with Crippen molar-refractivity contribution in [1.82, 2.24) is 10.2 Å². The molecule has 0 aromatic heterocycles. The number of benzene rings is 2. The number of urea groups is 1. The molecule has 1 N–H and O–H groups in total. The first kappa shape index (κ1) is 24.7. The van der Waals surface area contributed by atoms with Crippen LogP contribution in [0.3, 0.4) is 0 Å². The topological polar surface area (TPSA) is 80.3 Å². The number of rotatable bonds is 7. The van der Waals surface area contributed by atoms with Crippen LogP contribution in [0.4, 0.5) is 10.5 Å². The van der Waals surface area contributed by atoms with E-state index in [9.17, 15) is 9.59 Å². The Morgan fingerprint density at radius 1 is 1.06 bits per heavy atom. The first-order chi connectivity index (χ1) is 17.0. The Kier molecular flexibility index (Phi) is 8.00. The highest BCUT2D eigenvalue weighted by molar-refractivity contribution is 5.94. The van der Waals surface area contributed by atoms with Crippen molar-refractivity contribution >= 4 is 17.6 Å². The molecule has 188 valence electrons. The average molecular weight is 482 g/mol. The normalized spacial score (nSPS) is 17.9. The molecule has 8 heteroatoms. The minimum absolute atomic E-state index is 0.00786. The van der Waals surface area contributed by atoms with Crippen molar-refractivity contribution in [2.75, 3.05) is 45.3 Å². The molecule has 0 aliphatic carbocycles. The second kappa shape index (κ2) is 11.3. The number of methoxy groups -OCH3 is 2. The zero-order chi connectivity index (χ0) is 24.8. The van der Waals surface area contributed by atoms with Crippen LogP contribution in [-0.4, -0.2) is 63.3 Å². The van der Waals surface area contributed by atoms with Gasteiger partial charge in [-0.3, -0.25) is 9.69 Å². The minimum Gasteiger partial charge on any atom is -0.493 e. The Balaban J connectivity index is 1.27. The van der Waals surface area contributed by atoms with Gasteiger partial charge in [-0.15, -0.1) is 0 Å². The number of nitrogens with zero attached hydrogens (tertiary/aromatic N) is 2. The molecule has 0 radical (unpaired) electrons. The number of para-hydroxylation sites is 2. The number of hydrogen-bond acceptors (Lipinski definition) is 5. The Hall–Kier alpha value is -3.42. The van der Waals surface area contributed by atoms with E-state index in [2.05, 4.69) is 12.2 Å². The zero-order valence-electron chi connectivity index (χ0n) is 20.8. The number of nitrogens with one attached hydrogen (secondary N) is 1. The van der Waals surface area contributed by atoms with E-state index in [0.29, 0.717) is 56.9 Å². The van der Waals surface area contributed by atoms with Crippen LogP contribution in [0.15, 0.2) is 42.5 Å². The first-order valence-corrected chi connectivity index (χ1v) is 12.3. The van der Waals surface area contributed by atoms with Crippen molar-refractivity contribution in [1.29, 1.82) is 0 Å². The molecular formula is C27H35N3O5. The second-order valence-electron chi connectivity index (χ2n) is 9.00. The van der Waals surface area contributed by atoms with E-state index in [0.717, 1.165) is 23.4 Å². The van der Waals surface area contributed by atoms with Crippen molar-refractivity contribution in [3.63, 3.8) is 0 Å². The molecule has 2 aromatic rings. The SMILES string of the molecule is CC[C@H]1CN(C(=O)N2CCC(C(=O)NCCc3ccc(OC)c(OC)c3)CC2)c2ccccc2O1. The zero-order valence-corrected chi connectivity index (χ0v) is 20.8. The molecule has 2 aliphatic heterocycles. The second-order valence-corrected chi connectivity index (χ2v) is 9.00. The van der Waals surface area contributed by atoms with E-state index >= 15 is 0 Å². The van der Waals surface area contributed by atoms with Crippen molar-refractivity contribution < 1.29 is 23.8 Å². The third kappa shape index (κ3) is 5.63. The molecule has 1 fully saturated rings. The lowest BCUT2D eigenvalue weighted by molar-refractivity contribution is -0.126. The average Bonchev–Trinajstić information content (AvgIpc) is 2.91. The van der Waals surface area contributed by atoms with Gasteiger partial charge in [0.2, 0.25) is 5.91 Å². The quantitative estimate of drug-likeness (QED) is 0.649. The number of ether oxygens (including phenoxy) is 3. The molecule has 35 heavy (non-hydrogen) atoms. The Labute approximate surface area is 207 Å². The maximum Gasteiger partial charge on any atom is 0.324 e. The van der Waals surface area contributed by atoms with Gasteiger partial charge in [-0.1, -0.05) is 25.1 Å². The molecule has 1 saturated heterocycles. The van der Waals surface area contributed by atoms with E-state index in [4.69, 9.17) is 14.2 Å². The van der Waals surface area contributed by atoms with E-state index in [1.54, 1.807) is 14.2 Å². The summed E-state index contributed by atoms with van der Waals surface area (Å²) in [6, 6.07) is 13.5. The van der Waals surface area contributed by atoms with Crippen LogP contribution in [0, 0.1) is 5.92 Å². The predicted molar refractivity (Wildman–Crippen MR) is 134 cm³/mol. The van der Waals surface area contributed by atoms with Gasteiger partial charge in [-0.05, 0) is 55.5 Å². The highest BCUT2D eigenvalue weighted by Crippen LogP contribution is 2.35. The summed E-state index contributed by atoms with van der Waals surface area (Å²) >= 11 is 0. The summed E-state index contributed by atoms with van der Waals surface area (Å²) in [6.45, 7) is 4.31. The lowest BCUT2D eigenvalue weighted by Gasteiger charge is -2.39. The summed E-state index contributed by atoms with van der Waals surface area (Å²) in [5, 5.41) is 3.06. The summed E-state index contributed by atoms with van der Waals surface area (Å²) in [4.78, 5) is 29.8. The third-order valence-corrected chi connectivity index (χ3v) is 6.82. The maximum absolute atomic E-state index is 13.4. The lowest BCUT2D eigenvalue weighted by Crippen LogP contribution is -2.52. The van der Waals surface area contributed by atoms with Gasteiger partial charge in [0, 0.05) is 25.6 Å². The van der Waals surface area contributed by atoms with Gasteiger partial charge < -0.3 is 24.4 Å². The number of carbonyl (C=O) groups excluding carboxylic acids is 2. The fourth-order valence-corrected chi connectivity index (χ4v) is 4.71. The number of amides is 3. The van der Waals surface area contributed by atoms with Gasteiger partial charge >= 0.3 is 6.03 Å². The highest BCUT2D eigenvalue weighted by Gasteiger charge is 2.34. The van der Waals surface area contributed by atoms with Gasteiger partial charge in [0.15, 0.2) is 11.5 Å². The van der Waals surface area contributed by atoms with Crippen molar-refractivity contribution in [2.24, 2.45) is 5.92 Å². The Morgan fingerprint density at radius 3 is 2.51 bits per heavy atom. The van der Waals surface area contributed by atoms with Crippen LogP contribution in [0.2, 0.25) is 0 Å². The Bertz CT molecular complexity index is 1040. The van der Waals surface area contributed by atoms with E-state index < -0.39 is 0 Å². The number of carbonyl (C=O) groups is 2. The number of fused-ring (bicyclic) bond motifs is 1. The molecule has 2 aliphatic rings. The smallest absolute Gasteiger partial charge is 0.324 e. The van der Waals surface area contributed by atoms with Crippen molar-refractivity contribution in [3.8, 4) is 17.2 Å². The monoisotopic (exact) mass is 481 g/mol. The van der Waals surface area contributed by atoms with Crippen LogP contribution in [0.1, 0.15) is 31.7 Å². The number of hydrogen-bond donors (Lipinski definition) is 1. The van der Waals surface area contributed by atoms with Gasteiger partial charge in [0.1, 0.15) is 11.9 Å². The van der Waals surface area contributed by atoms with Crippen LogP contribution < -0.4 is 24.4 Å². The lowest BCUT2D eigenvalue weighted by atomic mass is 9.96. The molecule has 8 nitrogen and oxygen atoms in total. The third-order valence-electron chi connectivity index (χ3n) is 6.82. The number of anilines is 1. The summed E-state index contributed by atoms with van der Waals surface area (Å²) in [7, 11) is 3.22. The number of likely N-dealkylation sites (tertiary alicyclic amines) is 1. The fraction of sp³-hybridized carbons (Fsp3) is 0.481. The van der Waals surface area contributed by atoms with Crippen molar-refractivity contribution in [2.45, 2.75) is 38.7 Å². The Morgan fingerprint density at radius 2 is 1.80 bits per heavy atom. The molecule has 1 atom stereocenters. The molecule has 0 bridgehead atoms. The van der Waals surface area contributed by atoms with Crippen LogP contribution in [0.25, 0.3) is 0 Å². The summed E-state index contributed by atoms with van der Waals surface area (Å²) in [5.74, 6) is 2.10. The van der Waals surface area contributed by atoms with Gasteiger partial charge in [-0.2, -0.15) is 0 Å². The fourth-order valence-electron chi connectivity index (χ4n) is 4.71. The van der Waals surface area contributed by atoms with Crippen LogP contribution in [0.5, 0.6) is 17.2 Å². The molecule has 0 unspecified atom stereocenters. The number of piperidine rings is 1. The van der Waals surface area contributed by atoms with E-state index in [1.165, 1.54) is 0 Å². The summed E-state index contributed by atoms with van der Waals surface area (Å²) < 4.78 is 16.6. The van der Waals surface area contributed by atoms with Gasteiger partial charge in [0.05, 0.1) is 26.5 Å². The largest absolute Gasteiger partial charge is 0.493 e. The summed E-state index contributed by atoms with van der Waals surface area (Å²) in [6.07, 6.45) is 2.86. The molecule has 4 rings (SSSR count). The first-order valence-electron chi connectivity index (χ1n) is 12.3. The van der Waals surface area contributed by atoms with Gasteiger partial charge in [0.25, 0.3) is 0 Å². The van der Waals surface area contributed by atoms with Crippen molar-refractivity contribution in [3.05, 3.63) is 48.0 Å². The highest BCUT2D eigenvalue weighted by atomic mass is 16.5. The molecule has 0 spiro atoms. The van der Waals surface area contributed by atoms with Crippen LogP contribution in [-0.2, 0) is 11.2 Å². The molecular weight excluding hydrogens is 446 g/mol. The summed E-state index contributed by atoms with van der Waals surface area (Å²) in [5.41, 5.74) is 1.89. The van der Waals surface area contributed by atoms with E-state index in [-0.39, 0.29) is 24.0 Å².